The molecule has 0 N–H and O–H groups in total. The van der Waals surface area contributed by atoms with E-state index < -0.39 is 0 Å². The molecular weight excluding hydrogens is 292 g/mol. The topological polar surface area (TPSA) is 9.23 Å². The quantitative estimate of drug-likeness (QED) is 0.673. The van der Waals surface area contributed by atoms with E-state index >= 15 is 0 Å². The summed E-state index contributed by atoms with van der Waals surface area (Å²) in [6, 6.07) is 17.7. The minimum atomic E-state index is 0.511. The van der Waals surface area contributed by atoms with Crippen LogP contribution in [0.2, 0.25) is 5.02 Å². The van der Waals surface area contributed by atoms with E-state index in [4.69, 9.17) is 16.3 Å². The maximum Gasteiger partial charge on any atom is 0.118 e. The lowest BCUT2D eigenvalue weighted by molar-refractivity contribution is 0.341. The first kappa shape index (κ1) is 14.6. The number of rotatable bonds is 5. The lowest BCUT2D eigenvalue weighted by Crippen LogP contribution is -2.09. The molecule has 0 spiro atoms. The van der Waals surface area contributed by atoms with Crippen molar-refractivity contribution in [3.63, 3.8) is 0 Å². The van der Waals surface area contributed by atoms with Crippen LogP contribution in [-0.2, 0) is 0 Å². The van der Waals surface area contributed by atoms with Gasteiger partial charge in [0, 0.05) is 5.02 Å². The molecule has 3 rings (SSSR count). The molecule has 0 heterocycles. The second-order valence-electron chi connectivity index (χ2n) is 5.00. The van der Waals surface area contributed by atoms with Gasteiger partial charge in [0.25, 0.3) is 0 Å². The molecule has 0 aliphatic heterocycles. The van der Waals surface area contributed by atoms with Crippen molar-refractivity contribution in [2.24, 2.45) is 0 Å². The molecule has 0 amide bonds. The zero-order valence-electron chi connectivity index (χ0n) is 12.1. The Hall–Kier alpha value is -2.38. The third-order valence-corrected chi connectivity index (χ3v) is 3.63. The summed E-state index contributed by atoms with van der Waals surface area (Å²) >= 11 is 5.98. The highest BCUT2D eigenvalue weighted by Crippen LogP contribution is 2.23. The van der Waals surface area contributed by atoms with Crippen molar-refractivity contribution in [3.8, 4) is 5.75 Å². The molecule has 0 radical (unpaired) electrons. The van der Waals surface area contributed by atoms with Crippen LogP contribution in [0.15, 0.2) is 90.6 Å². The van der Waals surface area contributed by atoms with E-state index in [0.717, 1.165) is 22.3 Å². The zero-order valence-corrected chi connectivity index (χ0v) is 12.8. The van der Waals surface area contributed by atoms with Crippen LogP contribution >= 0.6 is 11.6 Å². The van der Waals surface area contributed by atoms with Crippen molar-refractivity contribution in [2.45, 2.75) is 0 Å². The molecule has 0 saturated heterocycles. The second kappa shape index (κ2) is 7.06. The Balaban J connectivity index is 1.79. The molecule has 0 unspecified atom stereocenters. The van der Waals surface area contributed by atoms with Crippen LogP contribution in [0, 0.1) is 5.92 Å². The van der Waals surface area contributed by atoms with Crippen molar-refractivity contribution in [3.05, 3.63) is 107 Å². The normalized spacial score (nSPS) is 12.5. The molecule has 1 nitrogen and oxygen atoms in total. The van der Waals surface area contributed by atoms with Crippen LogP contribution < -0.4 is 4.74 Å². The predicted molar refractivity (Wildman–Crippen MR) is 92.1 cm³/mol. The summed E-state index contributed by atoms with van der Waals surface area (Å²) in [5.74, 6) is 1.98. The number of hydrogen-bond donors (Lipinski definition) is 0. The molecule has 110 valence electrons. The van der Waals surface area contributed by atoms with Crippen LogP contribution in [0.5, 0.6) is 5.75 Å². The van der Waals surface area contributed by atoms with E-state index in [-0.39, 0.29) is 0 Å². The second-order valence-corrected chi connectivity index (χ2v) is 5.43. The number of halogens is 1. The molecule has 1 aliphatic carbocycles. The van der Waals surface area contributed by atoms with Gasteiger partial charge in [-0.15, -0.1) is 23.8 Å². The van der Waals surface area contributed by atoms with Gasteiger partial charge < -0.3 is 4.74 Å². The average molecular weight is 308 g/mol. The standard InChI is InChI=1S/C20H16ClO/c21-19-12-10-17(11-13-19)18(14-16-6-4-5-7-16)15-22-20-8-2-1-3-9-20/h1-14H,15H2/q-1. The van der Waals surface area contributed by atoms with Crippen LogP contribution in [-0.4, -0.2) is 6.61 Å². The molecule has 1 aliphatic rings. The third-order valence-electron chi connectivity index (χ3n) is 3.38. The zero-order chi connectivity index (χ0) is 15.2. The number of benzene rings is 2. The Morgan fingerprint density at radius 2 is 1.59 bits per heavy atom. The van der Waals surface area contributed by atoms with Gasteiger partial charge in [0.1, 0.15) is 5.75 Å². The van der Waals surface area contributed by atoms with Gasteiger partial charge in [0.2, 0.25) is 0 Å². The summed E-state index contributed by atoms with van der Waals surface area (Å²) in [6.07, 6.45) is 10.4. The summed E-state index contributed by atoms with van der Waals surface area (Å²) < 4.78 is 5.90. The fourth-order valence-electron chi connectivity index (χ4n) is 2.24. The largest absolute Gasteiger partial charge is 0.498 e. The van der Waals surface area contributed by atoms with Gasteiger partial charge in [0.15, 0.2) is 0 Å². The molecule has 2 heteroatoms. The highest BCUT2D eigenvalue weighted by molar-refractivity contribution is 6.30. The minimum Gasteiger partial charge on any atom is -0.498 e. The Morgan fingerprint density at radius 3 is 2.27 bits per heavy atom. The molecular formula is C20H16ClO-. The van der Waals surface area contributed by atoms with Gasteiger partial charge >= 0.3 is 0 Å². The Labute approximate surface area is 136 Å². The van der Waals surface area contributed by atoms with E-state index in [1.165, 1.54) is 5.57 Å². The van der Waals surface area contributed by atoms with E-state index in [9.17, 15) is 0 Å². The summed E-state index contributed by atoms with van der Waals surface area (Å²) in [7, 11) is 0. The van der Waals surface area contributed by atoms with Crippen LogP contribution in [0.25, 0.3) is 0 Å². The molecule has 0 atom stereocenters. The maximum atomic E-state index is 5.98. The summed E-state index contributed by atoms with van der Waals surface area (Å²) in [5, 5.41) is 0.736. The van der Waals surface area contributed by atoms with Crippen molar-refractivity contribution in [2.75, 3.05) is 6.61 Å². The lowest BCUT2D eigenvalue weighted by atomic mass is 9.97. The van der Waals surface area contributed by atoms with Gasteiger partial charge in [-0.05, 0) is 12.1 Å². The average Bonchev–Trinajstić information content (AvgIpc) is 3.06. The highest BCUT2D eigenvalue weighted by Gasteiger charge is 2.04. The summed E-state index contributed by atoms with van der Waals surface area (Å²) in [6.45, 7) is 0.511. The van der Waals surface area contributed by atoms with E-state index in [2.05, 4.69) is 18.2 Å². The first-order valence-corrected chi connectivity index (χ1v) is 7.55. The SMILES string of the molecule is Clc1ccc([C-](C=C2C=CC=C2)COc2ccccc2)cc1. The number of para-hydroxylation sites is 1. The van der Waals surface area contributed by atoms with Gasteiger partial charge in [-0.3, -0.25) is 0 Å². The summed E-state index contributed by atoms with van der Waals surface area (Å²) in [4.78, 5) is 0. The summed E-state index contributed by atoms with van der Waals surface area (Å²) in [5.41, 5.74) is 2.28. The fraction of sp³-hybridized carbons (Fsp3) is 0.0500. The van der Waals surface area contributed by atoms with Crippen molar-refractivity contribution >= 4 is 11.6 Å². The monoisotopic (exact) mass is 307 g/mol. The third kappa shape index (κ3) is 3.84. The molecule has 0 saturated carbocycles. The first-order valence-electron chi connectivity index (χ1n) is 7.17. The Bertz CT molecular complexity index is 682. The Morgan fingerprint density at radius 1 is 0.909 bits per heavy atom. The molecule has 2 aromatic rings. The first-order chi connectivity index (χ1) is 10.8. The van der Waals surface area contributed by atoms with Gasteiger partial charge in [-0.25, -0.2) is 0 Å². The molecule has 2 aromatic carbocycles. The van der Waals surface area contributed by atoms with Crippen molar-refractivity contribution < 1.29 is 4.74 Å². The van der Waals surface area contributed by atoms with Crippen LogP contribution in [0.4, 0.5) is 0 Å². The molecule has 0 aromatic heterocycles. The van der Waals surface area contributed by atoms with Gasteiger partial charge in [-0.2, -0.15) is 0 Å². The van der Waals surface area contributed by atoms with E-state index in [1.807, 2.05) is 66.7 Å². The smallest absolute Gasteiger partial charge is 0.118 e. The molecule has 22 heavy (non-hydrogen) atoms. The Kier molecular flexibility index (Phi) is 4.67. The molecule has 0 bridgehead atoms. The van der Waals surface area contributed by atoms with Gasteiger partial charge in [0.05, 0.1) is 6.61 Å². The number of ether oxygens (including phenoxy) is 1. The maximum absolute atomic E-state index is 5.98. The molecule has 0 fully saturated rings. The van der Waals surface area contributed by atoms with Crippen LogP contribution in [0.3, 0.4) is 0 Å². The lowest BCUT2D eigenvalue weighted by Gasteiger charge is -2.22. The van der Waals surface area contributed by atoms with Crippen molar-refractivity contribution in [1.82, 2.24) is 0 Å². The van der Waals surface area contributed by atoms with Gasteiger partial charge in [-0.1, -0.05) is 77.7 Å². The highest BCUT2D eigenvalue weighted by atomic mass is 35.5. The van der Waals surface area contributed by atoms with E-state index in [1.54, 1.807) is 0 Å². The predicted octanol–water partition coefficient (Wildman–Crippen LogP) is 5.39. The number of hydrogen-bond acceptors (Lipinski definition) is 1. The number of allylic oxidation sites excluding steroid dienone is 5. The van der Waals surface area contributed by atoms with E-state index in [0.29, 0.717) is 6.61 Å². The fourth-order valence-corrected chi connectivity index (χ4v) is 2.36. The minimum absolute atomic E-state index is 0.511. The van der Waals surface area contributed by atoms with Crippen LogP contribution in [0.1, 0.15) is 5.56 Å². The van der Waals surface area contributed by atoms with Crippen molar-refractivity contribution in [1.29, 1.82) is 0 Å².